The summed E-state index contributed by atoms with van der Waals surface area (Å²) in [6.07, 6.45) is 4.51. The molecular weight excluding hydrogens is 356 g/mol. The highest BCUT2D eigenvalue weighted by atomic mass is 35.5. The first kappa shape index (κ1) is 16.7. The molecule has 0 fully saturated rings. The number of carbonyl (C=O) groups excluding carboxylic acids is 1. The van der Waals surface area contributed by atoms with Crippen LogP contribution in [0.1, 0.15) is 44.2 Å². The van der Waals surface area contributed by atoms with Gasteiger partial charge in [-0.15, -0.1) is 0 Å². The highest BCUT2D eigenvalue weighted by Gasteiger charge is 2.43. The van der Waals surface area contributed by atoms with Gasteiger partial charge in [-0.05, 0) is 50.3 Å². The number of hydrogen-bond acceptors (Lipinski definition) is 5. The summed E-state index contributed by atoms with van der Waals surface area (Å²) in [4.78, 5) is 20.9. The number of halogens is 1. The van der Waals surface area contributed by atoms with Crippen molar-refractivity contribution in [2.75, 3.05) is 7.11 Å². The molecule has 0 saturated heterocycles. The number of fused-ring (bicyclic) bond motifs is 2. The molecule has 2 heterocycles. The molecule has 1 aromatic carbocycles. The monoisotopic (exact) mass is 374 g/mol. The van der Waals surface area contributed by atoms with Gasteiger partial charge in [0.25, 0.3) is 0 Å². The van der Waals surface area contributed by atoms with E-state index in [1.165, 1.54) is 30.6 Å². The first-order chi connectivity index (χ1) is 12.1. The number of ether oxygens (including phenoxy) is 1. The van der Waals surface area contributed by atoms with Gasteiger partial charge in [-0.2, -0.15) is 0 Å². The van der Waals surface area contributed by atoms with Crippen LogP contribution in [0.4, 0.5) is 0 Å². The molecular formula is C19H19ClN2O2S. The van der Waals surface area contributed by atoms with Gasteiger partial charge < -0.3 is 9.64 Å². The van der Waals surface area contributed by atoms with Gasteiger partial charge in [-0.25, -0.2) is 9.79 Å². The molecule has 0 radical (unpaired) electrons. The summed E-state index contributed by atoms with van der Waals surface area (Å²) in [6.45, 7) is 1.89. The second-order valence-electron chi connectivity index (χ2n) is 6.39. The molecule has 0 unspecified atom stereocenters. The lowest BCUT2D eigenvalue weighted by molar-refractivity contribution is -0.136. The number of allylic oxidation sites excluding steroid dienone is 3. The Kier molecular flexibility index (Phi) is 4.38. The summed E-state index contributed by atoms with van der Waals surface area (Å²) < 4.78 is 5.08. The van der Waals surface area contributed by atoms with Crippen molar-refractivity contribution in [3.05, 3.63) is 56.7 Å². The fourth-order valence-electron chi connectivity index (χ4n) is 3.70. The molecule has 3 aliphatic rings. The van der Waals surface area contributed by atoms with Crippen LogP contribution in [0.15, 0.2) is 51.1 Å². The van der Waals surface area contributed by atoms with Gasteiger partial charge in [-0.1, -0.05) is 35.5 Å². The molecule has 1 atom stereocenters. The summed E-state index contributed by atoms with van der Waals surface area (Å²) in [5.41, 5.74) is 3.67. The number of thioether (sulfide) groups is 1. The van der Waals surface area contributed by atoms with Gasteiger partial charge in [0, 0.05) is 15.6 Å². The second kappa shape index (κ2) is 6.54. The van der Waals surface area contributed by atoms with E-state index in [0.29, 0.717) is 10.6 Å². The van der Waals surface area contributed by atoms with E-state index in [2.05, 4.69) is 4.90 Å². The Bertz CT molecular complexity index is 826. The third-order valence-electron chi connectivity index (χ3n) is 4.88. The van der Waals surface area contributed by atoms with Crippen LogP contribution < -0.4 is 0 Å². The van der Waals surface area contributed by atoms with Crippen molar-refractivity contribution in [3.8, 4) is 0 Å². The third-order valence-corrected chi connectivity index (χ3v) is 6.29. The third kappa shape index (κ3) is 2.79. The Hall–Kier alpha value is -1.72. The SMILES string of the molecule is COC(=O)C1=C(C)N=C2SC3=C(CCCC3)N2[C@H]1c1ccc(Cl)cc1. The van der Waals surface area contributed by atoms with Crippen molar-refractivity contribution in [2.24, 2.45) is 4.99 Å². The van der Waals surface area contributed by atoms with Crippen LogP contribution in [0, 0.1) is 0 Å². The number of carbonyl (C=O) groups is 1. The lowest BCUT2D eigenvalue weighted by Crippen LogP contribution is -2.36. The molecule has 25 heavy (non-hydrogen) atoms. The summed E-state index contributed by atoms with van der Waals surface area (Å²) in [5, 5.41) is 1.65. The van der Waals surface area contributed by atoms with Gasteiger partial charge in [0.1, 0.15) is 0 Å². The van der Waals surface area contributed by atoms with Crippen LogP contribution in [0.25, 0.3) is 0 Å². The summed E-state index contributed by atoms with van der Waals surface area (Å²) in [5.74, 6) is -0.324. The van der Waals surface area contributed by atoms with Crippen molar-refractivity contribution >= 4 is 34.5 Å². The Labute approximate surface area is 156 Å². The van der Waals surface area contributed by atoms with Gasteiger partial charge in [0.15, 0.2) is 5.17 Å². The lowest BCUT2D eigenvalue weighted by Gasteiger charge is -2.36. The van der Waals surface area contributed by atoms with Crippen molar-refractivity contribution in [1.29, 1.82) is 0 Å². The van der Waals surface area contributed by atoms with Crippen molar-refractivity contribution in [1.82, 2.24) is 4.90 Å². The van der Waals surface area contributed by atoms with Gasteiger partial charge in [-0.3, -0.25) is 0 Å². The molecule has 1 aromatic rings. The summed E-state index contributed by atoms with van der Waals surface area (Å²) in [7, 11) is 1.42. The Morgan fingerprint density at radius 1 is 1.28 bits per heavy atom. The van der Waals surface area contributed by atoms with Gasteiger partial charge in [0.2, 0.25) is 0 Å². The Morgan fingerprint density at radius 3 is 2.72 bits per heavy atom. The minimum Gasteiger partial charge on any atom is -0.466 e. The van der Waals surface area contributed by atoms with Crippen LogP contribution in [0.2, 0.25) is 5.02 Å². The van der Waals surface area contributed by atoms with Crippen LogP contribution in [-0.4, -0.2) is 23.1 Å². The van der Waals surface area contributed by atoms with E-state index in [9.17, 15) is 4.79 Å². The first-order valence-electron chi connectivity index (χ1n) is 8.42. The van der Waals surface area contributed by atoms with Crippen LogP contribution in [0.5, 0.6) is 0 Å². The number of hydrogen-bond donors (Lipinski definition) is 0. The molecule has 4 rings (SSSR count). The second-order valence-corrected chi connectivity index (χ2v) is 7.89. The van der Waals surface area contributed by atoms with E-state index in [1.807, 2.05) is 31.2 Å². The fourth-order valence-corrected chi connectivity index (χ4v) is 5.11. The number of nitrogens with zero attached hydrogens (tertiary/aromatic N) is 2. The highest BCUT2D eigenvalue weighted by molar-refractivity contribution is 8.17. The molecule has 0 spiro atoms. The maximum absolute atomic E-state index is 12.6. The average molecular weight is 375 g/mol. The molecule has 0 aromatic heterocycles. The molecule has 6 heteroatoms. The number of benzene rings is 1. The van der Waals surface area contributed by atoms with E-state index >= 15 is 0 Å². The predicted molar refractivity (Wildman–Crippen MR) is 101 cm³/mol. The fraction of sp³-hybridized carbons (Fsp3) is 0.368. The van der Waals surface area contributed by atoms with E-state index in [1.54, 1.807) is 11.8 Å². The van der Waals surface area contributed by atoms with E-state index in [0.717, 1.165) is 29.3 Å². The van der Waals surface area contributed by atoms with E-state index < -0.39 is 0 Å². The quantitative estimate of drug-likeness (QED) is 0.680. The molecule has 130 valence electrons. The molecule has 2 aliphatic heterocycles. The van der Waals surface area contributed by atoms with E-state index in [-0.39, 0.29) is 12.0 Å². The minimum absolute atomic E-state index is 0.213. The highest BCUT2D eigenvalue weighted by Crippen LogP contribution is 2.50. The topological polar surface area (TPSA) is 41.9 Å². The lowest BCUT2D eigenvalue weighted by atomic mass is 9.92. The molecule has 0 saturated carbocycles. The zero-order valence-electron chi connectivity index (χ0n) is 14.2. The maximum Gasteiger partial charge on any atom is 0.338 e. The molecule has 4 nitrogen and oxygen atoms in total. The largest absolute Gasteiger partial charge is 0.466 e. The maximum atomic E-state index is 12.6. The van der Waals surface area contributed by atoms with E-state index in [4.69, 9.17) is 21.3 Å². The van der Waals surface area contributed by atoms with Gasteiger partial charge >= 0.3 is 5.97 Å². The van der Waals surface area contributed by atoms with Gasteiger partial charge in [0.05, 0.1) is 24.4 Å². The predicted octanol–water partition coefficient (Wildman–Crippen LogP) is 5.03. The summed E-state index contributed by atoms with van der Waals surface area (Å²) >= 11 is 7.82. The number of amidine groups is 1. The Balaban J connectivity index is 1.87. The molecule has 1 aliphatic carbocycles. The van der Waals surface area contributed by atoms with Crippen molar-refractivity contribution in [2.45, 2.75) is 38.6 Å². The molecule has 0 N–H and O–H groups in total. The number of aliphatic imine (C=N–C) groups is 1. The average Bonchev–Trinajstić information content (AvgIpc) is 2.98. The van der Waals surface area contributed by atoms with Crippen LogP contribution in [-0.2, 0) is 9.53 Å². The normalized spacial score (nSPS) is 22.6. The zero-order chi connectivity index (χ0) is 17.6. The molecule has 0 bridgehead atoms. The van der Waals surface area contributed by atoms with Crippen LogP contribution >= 0.6 is 23.4 Å². The first-order valence-corrected chi connectivity index (χ1v) is 9.62. The zero-order valence-corrected chi connectivity index (χ0v) is 15.8. The molecule has 0 amide bonds. The van der Waals surface area contributed by atoms with Crippen molar-refractivity contribution < 1.29 is 9.53 Å². The number of methoxy groups -OCH3 is 1. The Morgan fingerprint density at radius 2 is 2.00 bits per heavy atom. The standard InChI is InChI=1S/C19H19ClN2O2S/c1-11-16(18(23)24-2)17(12-7-9-13(20)10-8-12)22-14-5-3-4-6-15(14)25-19(22)21-11/h7-10,17H,3-6H2,1-2H3/t17-/m0/s1. The smallest absolute Gasteiger partial charge is 0.338 e. The van der Waals surface area contributed by atoms with Crippen LogP contribution in [0.3, 0.4) is 0 Å². The number of rotatable bonds is 2. The van der Waals surface area contributed by atoms with Crippen molar-refractivity contribution in [3.63, 3.8) is 0 Å². The summed E-state index contributed by atoms with van der Waals surface area (Å²) in [6, 6.07) is 7.49. The number of esters is 1. The minimum atomic E-state index is -0.324.